The number of amides is 1. The second kappa shape index (κ2) is 8.00. The second-order valence-electron chi connectivity index (χ2n) is 4.88. The Morgan fingerprint density at radius 2 is 2.21 bits per heavy atom. The zero-order valence-corrected chi connectivity index (χ0v) is 15.8. The Balaban J connectivity index is 2.23. The molecule has 0 unspecified atom stereocenters. The van der Waals surface area contributed by atoms with E-state index in [0.717, 1.165) is 11.8 Å². The zero-order valence-electron chi connectivity index (χ0n) is 12.6. The Labute approximate surface area is 156 Å². The Morgan fingerprint density at radius 1 is 1.50 bits per heavy atom. The number of rotatable bonds is 6. The van der Waals surface area contributed by atoms with Crippen molar-refractivity contribution < 1.29 is 24.5 Å². The lowest BCUT2D eigenvalue weighted by atomic mass is 10.1. The third-order valence-corrected chi connectivity index (χ3v) is 5.06. The number of benzene rings is 1. The highest BCUT2D eigenvalue weighted by atomic mass is 79.9. The predicted octanol–water partition coefficient (Wildman–Crippen LogP) is 3.23. The molecule has 1 aliphatic rings. The fourth-order valence-corrected chi connectivity index (χ4v) is 3.84. The van der Waals surface area contributed by atoms with Crippen molar-refractivity contribution in [1.29, 1.82) is 0 Å². The minimum atomic E-state index is -0.915. The Hall–Kier alpha value is -1.58. The van der Waals surface area contributed by atoms with Gasteiger partial charge < -0.3 is 14.9 Å². The van der Waals surface area contributed by atoms with Gasteiger partial charge in [0.15, 0.2) is 11.5 Å². The number of carbonyl (C=O) groups excluding carboxylic acids is 1. The van der Waals surface area contributed by atoms with Crippen LogP contribution in [0.5, 0.6) is 11.5 Å². The summed E-state index contributed by atoms with van der Waals surface area (Å²) in [6, 6.07) is 3.28. The molecule has 0 aliphatic carbocycles. The van der Waals surface area contributed by atoms with Gasteiger partial charge >= 0.3 is 5.97 Å². The fraction of sp³-hybridized carbons (Fsp3) is 0.267. The number of nitrogens with zero attached hydrogens (tertiary/aromatic N) is 1. The zero-order chi connectivity index (χ0) is 17.9. The molecular weight excluding hydrogens is 418 g/mol. The van der Waals surface area contributed by atoms with E-state index in [-0.39, 0.29) is 30.4 Å². The molecule has 128 valence electrons. The maximum Gasteiger partial charge on any atom is 0.303 e. The van der Waals surface area contributed by atoms with E-state index in [2.05, 4.69) is 15.9 Å². The van der Waals surface area contributed by atoms with E-state index >= 15 is 0 Å². The van der Waals surface area contributed by atoms with Crippen LogP contribution in [0.4, 0.5) is 0 Å². The first-order chi connectivity index (χ1) is 11.3. The number of carbonyl (C=O) groups is 2. The fourth-order valence-electron chi connectivity index (χ4n) is 2.08. The van der Waals surface area contributed by atoms with Crippen LogP contribution in [-0.4, -0.2) is 45.0 Å². The number of phenols is 1. The van der Waals surface area contributed by atoms with Crippen molar-refractivity contribution in [2.45, 2.75) is 12.8 Å². The molecule has 1 saturated heterocycles. The molecule has 0 saturated carbocycles. The summed E-state index contributed by atoms with van der Waals surface area (Å²) in [4.78, 5) is 24.7. The number of thioether (sulfide) groups is 1. The first kappa shape index (κ1) is 18.8. The third kappa shape index (κ3) is 4.28. The van der Waals surface area contributed by atoms with E-state index in [4.69, 9.17) is 22.1 Å². The number of carboxylic acids is 1. The van der Waals surface area contributed by atoms with E-state index in [1.54, 1.807) is 18.2 Å². The standard InChI is InChI=1S/C15H14BrNO5S2/c1-22-10-7-9(16)5-8(13(10)20)6-11-14(21)17(15(23)24-11)4-2-3-12(18)19/h5-7,20H,2-4H2,1H3,(H,18,19). The number of phenolic OH excluding ortho intramolecular Hbond substituents is 1. The van der Waals surface area contributed by atoms with Gasteiger partial charge in [0.05, 0.1) is 12.0 Å². The SMILES string of the molecule is COc1cc(Br)cc(C=C2SC(=S)N(CCCC(=O)O)C2=O)c1O. The minimum Gasteiger partial charge on any atom is -0.504 e. The van der Waals surface area contributed by atoms with Gasteiger partial charge in [-0.25, -0.2) is 0 Å². The van der Waals surface area contributed by atoms with Gasteiger partial charge in [0.2, 0.25) is 0 Å². The van der Waals surface area contributed by atoms with Gasteiger partial charge in [0.25, 0.3) is 5.91 Å². The third-order valence-electron chi connectivity index (χ3n) is 3.22. The van der Waals surface area contributed by atoms with Crippen LogP contribution in [-0.2, 0) is 9.59 Å². The van der Waals surface area contributed by atoms with Crippen LogP contribution >= 0.6 is 39.9 Å². The topological polar surface area (TPSA) is 87.1 Å². The number of carboxylic acid groups (broad SMARTS) is 1. The average Bonchev–Trinajstić information content (AvgIpc) is 2.77. The Kier molecular flexibility index (Phi) is 6.25. The lowest BCUT2D eigenvalue weighted by molar-refractivity contribution is -0.137. The molecule has 0 radical (unpaired) electrons. The highest BCUT2D eigenvalue weighted by Crippen LogP contribution is 2.38. The second-order valence-corrected chi connectivity index (χ2v) is 7.47. The van der Waals surface area contributed by atoms with Crippen molar-refractivity contribution in [3.8, 4) is 11.5 Å². The summed E-state index contributed by atoms with van der Waals surface area (Å²) in [6.07, 6.45) is 1.84. The van der Waals surface area contributed by atoms with Gasteiger partial charge in [-0.2, -0.15) is 0 Å². The molecule has 9 heteroatoms. The van der Waals surface area contributed by atoms with Gasteiger partial charge in [-0.1, -0.05) is 39.9 Å². The van der Waals surface area contributed by atoms with Crippen molar-refractivity contribution in [2.75, 3.05) is 13.7 Å². The summed E-state index contributed by atoms with van der Waals surface area (Å²) >= 11 is 9.62. The van der Waals surface area contributed by atoms with E-state index in [9.17, 15) is 14.7 Å². The Bertz CT molecular complexity index is 735. The van der Waals surface area contributed by atoms with Crippen molar-refractivity contribution in [2.24, 2.45) is 0 Å². The van der Waals surface area contributed by atoms with Gasteiger partial charge in [-0.05, 0) is 24.6 Å². The molecule has 0 atom stereocenters. The number of hydrogen-bond acceptors (Lipinski definition) is 6. The summed E-state index contributed by atoms with van der Waals surface area (Å²) in [5.74, 6) is -1.000. The van der Waals surface area contributed by atoms with Gasteiger partial charge in [-0.15, -0.1) is 0 Å². The van der Waals surface area contributed by atoms with E-state index in [1.807, 2.05) is 0 Å². The summed E-state index contributed by atoms with van der Waals surface area (Å²) in [5, 5.41) is 18.8. The number of ether oxygens (including phenoxy) is 1. The molecule has 1 aromatic carbocycles. The maximum atomic E-state index is 12.4. The van der Waals surface area contributed by atoms with E-state index < -0.39 is 5.97 Å². The Morgan fingerprint density at radius 3 is 2.83 bits per heavy atom. The molecule has 1 aliphatic heterocycles. The molecular formula is C15H14BrNO5S2. The van der Waals surface area contributed by atoms with Crippen molar-refractivity contribution in [3.05, 3.63) is 27.1 Å². The van der Waals surface area contributed by atoms with Gasteiger partial charge in [0, 0.05) is 23.0 Å². The van der Waals surface area contributed by atoms with Crippen LogP contribution in [0, 0.1) is 0 Å². The molecule has 2 N–H and O–H groups in total. The molecule has 0 bridgehead atoms. The van der Waals surface area contributed by atoms with Gasteiger partial charge in [-0.3, -0.25) is 14.5 Å². The molecule has 1 heterocycles. The highest BCUT2D eigenvalue weighted by Gasteiger charge is 2.32. The predicted molar refractivity (Wildman–Crippen MR) is 99.1 cm³/mol. The van der Waals surface area contributed by atoms with Crippen molar-refractivity contribution in [3.63, 3.8) is 0 Å². The molecule has 1 amide bonds. The van der Waals surface area contributed by atoms with E-state index in [1.165, 1.54) is 12.0 Å². The van der Waals surface area contributed by atoms with Crippen molar-refractivity contribution in [1.82, 2.24) is 4.90 Å². The van der Waals surface area contributed by atoms with Crippen LogP contribution in [0.25, 0.3) is 6.08 Å². The minimum absolute atomic E-state index is 0.0280. The molecule has 1 fully saturated rings. The van der Waals surface area contributed by atoms with Crippen LogP contribution in [0.2, 0.25) is 0 Å². The molecule has 0 aromatic heterocycles. The van der Waals surface area contributed by atoms with Crippen LogP contribution in [0.3, 0.4) is 0 Å². The maximum absolute atomic E-state index is 12.4. The smallest absolute Gasteiger partial charge is 0.303 e. The molecule has 2 rings (SSSR count). The summed E-state index contributed by atoms with van der Waals surface area (Å²) < 4.78 is 6.15. The number of thiocarbonyl (C=S) groups is 1. The molecule has 24 heavy (non-hydrogen) atoms. The number of hydrogen-bond donors (Lipinski definition) is 2. The summed E-state index contributed by atoms with van der Waals surface area (Å²) in [5.41, 5.74) is 0.423. The lowest BCUT2D eigenvalue weighted by Crippen LogP contribution is -2.29. The highest BCUT2D eigenvalue weighted by molar-refractivity contribution is 9.10. The van der Waals surface area contributed by atoms with Crippen LogP contribution < -0.4 is 4.74 Å². The average molecular weight is 432 g/mol. The number of aliphatic carboxylic acids is 1. The van der Waals surface area contributed by atoms with Crippen molar-refractivity contribution >= 4 is 62.2 Å². The number of methoxy groups -OCH3 is 1. The normalized spacial score (nSPS) is 16.1. The molecule has 0 spiro atoms. The monoisotopic (exact) mass is 431 g/mol. The van der Waals surface area contributed by atoms with Gasteiger partial charge in [0.1, 0.15) is 4.32 Å². The number of aromatic hydroxyl groups is 1. The first-order valence-electron chi connectivity index (χ1n) is 6.87. The van der Waals surface area contributed by atoms with E-state index in [0.29, 0.717) is 25.7 Å². The summed E-state index contributed by atoms with van der Waals surface area (Å²) in [6.45, 7) is 0.252. The van der Waals surface area contributed by atoms with Crippen LogP contribution in [0.1, 0.15) is 18.4 Å². The number of halogens is 1. The largest absolute Gasteiger partial charge is 0.504 e. The summed E-state index contributed by atoms with van der Waals surface area (Å²) in [7, 11) is 1.44. The molecule has 1 aromatic rings. The first-order valence-corrected chi connectivity index (χ1v) is 8.89. The van der Waals surface area contributed by atoms with Crippen LogP contribution in [0.15, 0.2) is 21.5 Å². The lowest BCUT2D eigenvalue weighted by Gasteiger charge is -2.13. The quantitative estimate of drug-likeness (QED) is 0.527. The molecule has 6 nitrogen and oxygen atoms in total.